The zero-order valence-electron chi connectivity index (χ0n) is 13.1. The van der Waals surface area contributed by atoms with E-state index in [-0.39, 0.29) is 31.2 Å². The molecule has 2 saturated heterocycles. The highest BCUT2D eigenvalue weighted by Gasteiger charge is 2.18. The van der Waals surface area contributed by atoms with Crippen LogP contribution in [-0.4, -0.2) is 54.1 Å². The first-order valence-corrected chi connectivity index (χ1v) is 8.24. The molecule has 2 aliphatic rings. The molecule has 0 aromatic heterocycles. The molecule has 2 heterocycles. The second kappa shape index (κ2) is 8.60. The second-order valence-corrected chi connectivity index (χ2v) is 5.93. The summed E-state index contributed by atoms with van der Waals surface area (Å²) in [6.07, 6.45) is 7.07. The van der Waals surface area contributed by atoms with E-state index in [1.807, 2.05) is 0 Å². The summed E-state index contributed by atoms with van der Waals surface area (Å²) in [6.45, 7) is 1.87. The molecule has 2 N–H and O–H groups in total. The van der Waals surface area contributed by atoms with E-state index in [9.17, 15) is 14.4 Å². The van der Waals surface area contributed by atoms with Crippen molar-refractivity contribution < 1.29 is 14.4 Å². The minimum atomic E-state index is -0.339. The molecule has 124 valence electrons. The SMILES string of the molecule is O=C(NCN1CCCCCC1=O)NCN1CCCCCC1=O. The lowest BCUT2D eigenvalue weighted by Gasteiger charge is -2.23. The van der Waals surface area contributed by atoms with E-state index < -0.39 is 0 Å². The number of carbonyl (C=O) groups excluding carboxylic acids is 3. The quantitative estimate of drug-likeness (QED) is 0.813. The van der Waals surface area contributed by atoms with E-state index in [1.165, 1.54) is 0 Å². The van der Waals surface area contributed by atoms with Crippen LogP contribution in [0.2, 0.25) is 0 Å². The standard InChI is InChI=1S/C15H26N4O3/c20-13-7-3-1-5-9-18(13)11-16-15(22)17-12-19-10-6-2-4-8-14(19)21/h1-12H2,(H2,16,17,22). The van der Waals surface area contributed by atoms with Gasteiger partial charge < -0.3 is 20.4 Å². The van der Waals surface area contributed by atoms with Crippen LogP contribution in [0.3, 0.4) is 0 Å². The van der Waals surface area contributed by atoms with Crippen molar-refractivity contribution >= 4 is 17.8 Å². The fourth-order valence-electron chi connectivity index (χ4n) is 2.81. The van der Waals surface area contributed by atoms with Gasteiger partial charge in [0.25, 0.3) is 0 Å². The lowest BCUT2D eigenvalue weighted by molar-refractivity contribution is -0.131. The summed E-state index contributed by atoms with van der Waals surface area (Å²) in [4.78, 5) is 38.8. The van der Waals surface area contributed by atoms with Gasteiger partial charge in [0.2, 0.25) is 11.8 Å². The Kier molecular flexibility index (Phi) is 6.48. The van der Waals surface area contributed by atoms with E-state index in [2.05, 4.69) is 10.6 Å². The van der Waals surface area contributed by atoms with Crippen LogP contribution in [0.15, 0.2) is 0 Å². The van der Waals surface area contributed by atoms with Crippen LogP contribution in [0.5, 0.6) is 0 Å². The van der Waals surface area contributed by atoms with Gasteiger partial charge in [-0.15, -0.1) is 0 Å². The van der Waals surface area contributed by atoms with Gasteiger partial charge in [-0.25, -0.2) is 4.79 Å². The third kappa shape index (κ3) is 5.20. The van der Waals surface area contributed by atoms with Crippen molar-refractivity contribution in [3.8, 4) is 0 Å². The molecule has 0 aromatic rings. The van der Waals surface area contributed by atoms with E-state index in [0.29, 0.717) is 25.9 Å². The number of hydrogen-bond acceptors (Lipinski definition) is 3. The van der Waals surface area contributed by atoms with Crippen molar-refractivity contribution in [1.29, 1.82) is 0 Å². The van der Waals surface area contributed by atoms with Crippen molar-refractivity contribution in [3.63, 3.8) is 0 Å². The molecule has 0 unspecified atom stereocenters. The van der Waals surface area contributed by atoms with Gasteiger partial charge >= 0.3 is 6.03 Å². The molecule has 0 spiro atoms. The average molecular weight is 310 g/mol. The van der Waals surface area contributed by atoms with E-state index in [1.54, 1.807) is 9.80 Å². The van der Waals surface area contributed by atoms with Gasteiger partial charge in [0.1, 0.15) is 0 Å². The summed E-state index contributed by atoms with van der Waals surface area (Å²) in [5, 5.41) is 5.40. The Morgan fingerprint density at radius 1 is 0.773 bits per heavy atom. The Bertz CT molecular complexity index is 378. The molecule has 22 heavy (non-hydrogen) atoms. The number of amides is 4. The molecule has 0 radical (unpaired) electrons. The predicted octanol–water partition coefficient (Wildman–Crippen LogP) is 1.01. The van der Waals surface area contributed by atoms with Gasteiger partial charge in [0.05, 0.1) is 13.3 Å². The van der Waals surface area contributed by atoms with E-state index >= 15 is 0 Å². The van der Waals surface area contributed by atoms with Crippen LogP contribution in [0.1, 0.15) is 51.4 Å². The first-order valence-electron chi connectivity index (χ1n) is 8.24. The summed E-state index contributed by atoms with van der Waals surface area (Å²) in [5.74, 6) is 0.195. The normalized spacial score (nSPS) is 20.4. The summed E-state index contributed by atoms with van der Waals surface area (Å²) in [5.41, 5.74) is 0. The van der Waals surface area contributed by atoms with Gasteiger partial charge in [0.15, 0.2) is 0 Å². The van der Waals surface area contributed by atoms with Gasteiger partial charge in [-0.3, -0.25) is 9.59 Å². The van der Waals surface area contributed by atoms with E-state index in [0.717, 1.165) is 38.5 Å². The van der Waals surface area contributed by atoms with Crippen LogP contribution in [0.4, 0.5) is 4.79 Å². The topological polar surface area (TPSA) is 81.8 Å². The number of likely N-dealkylation sites (tertiary alicyclic amines) is 2. The van der Waals surface area contributed by atoms with Crippen molar-refractivity contribution in [3.05, 3.63) is 0 Å². The maximum atomic E-state index is 11.8. The maximum Gasteiger partial charge on any atom is 0.317 e. The molecule has 0 saturated carbocycles. The number of urea groups is 1. The monoisotopic (exact) mass is 310 g/mol. The Morgan fingerprint density at radius 3 is 1.68 bits per heavy atom. The van der Waals surface area contributed by atoms with Gasteiger partial charge in [0, 0.05) is 25.9 Å². The number of nitrogens with zero attached hydrogens (tertiary/aromatic N) is 2. The summed E-state index contributed by atoms with van der Waals surface area (Å²) >= 11 is 0. The van der Waals surface area contributed by atoms with Crippen LogP contribution in [-0.2, 0) is 9.59 Å². The highest BCUT2D eigenvalue weighted by molar-refractivity contribution is 5.79. The highest BCUT2D eigenvalue weighted by Crippen LogP contribution is 2.11. The molecule has 2 rings (SSSR count). The zero-order valence-corrected chi connectivity index (χ0v) is 13.1. The van der Waals surface area contributed by atoms with Gasteiger partial charge in [-0.05, 0) is 25.7 Å². The van der Waals surface area contributed by atoms with Crippen LogP contribution in [0, 0.1) is 0 Å². The Balaban J connectivity index is 1.68. The Labute approximate surface area is 131 Å². The molecule has 7 nitrogen and oxygen atoms in total. The number of hydrogen-bond donors (Lipinski definition) is 2. The van der Waals surface area contributed by atoms with Crippen LogP contribution in [0.25, 0.3) is 0 Å². The lowest BCUT2D eigenvalue weighted by Crippen LogP contribution is -2.48. The summed E-state index contributed by atoms with van der Waals surface area (Å²) in [7, 11) is 0. The lowest BCUT2D eigenvalue weighted by atomic mass is 10.2. The van der Waals surface area contributed by atoms with Crippen molar-refractivity contribution in [1.82, 2.24) is 20.4 Å². The van der Waals surface area contributed by atoms with Crippen molar-refractivity contribution in [2.24, 2.45) is 0 Å². The largest absolute Gasteiger partial charge is 0.325 e. The molecule has 0 bridgehead atoms. The minimum Gasteiger partial charge on any atom is -0.325 e. The number of nitrogens with one attached hydrogen (secondary N) is 2. The first kappa shape index (κ1) is 16.6. The molecule has 0 atom stereocenters. The predicted molar refractivity (Wildman–Crippen MR) is 81.8 cm³/mol. The number of rotatable bonds is 4. The Hall–Kier alpha value is -1.79. The molecule has 0 aromatic carbocycles. The molecule has 4 amide bonds. The fourth-order valence-corrected chi connectivity index (χ4v) is 2.81. The minimum absolute atomic E-state index is 0.0977. The van der Waals surface area contributed by atoms with Gasteiger partial charge in [-0.2, -0.15) is 0 Å². The second-order valence-electron chi connectivity index (χ2n) is 5.93. The first-order chi connectivity index (χ1) is 10.7. The summed E-state index contributed by atoms with van der Waals surface area (Å²) < 4.78 is 0. The Morgan fingerprint density at radius 2 is 1.23 bits per heavy atom. The highest BCUT2D eigenvalue weighted by atomic mass is 16.2. The van der Waals surface area contributed by atoms with Crippen molar-refractivity contribution in [2.75, 3.05) is 26.4 Å². The van der Waals surface area contributed by atoms with Gasteiger partial charge in [-0.1, -0.05) is 12.8 Å². The smallest absolute Gasteiger partial charge is 0.317 e. The molecule has 7 heteroatoms. The molecule has 2 aliphatic heterocycles. The molecule has 2 fully saturated rings. The van der Waals surface area contributed by atoms with E-state index in [4.69, 9.17) is 0 Å². The maximum absolute atomic E-state index is 11.8. The zero-order chi connectivity index (χ0) is 15.8. The summed E-state index contributed by atoms with van der Waals surface area (Å²) in [6, 6.07) is -0.339. The fraction of sp³-hybridized carbons (Fsp3) is 0.800. The molecular weight excluding hydrogens is 284 g/mol. The van der Waals surface area contributed by atoms with Crippen LogP contribution >= 0.6 is 0 Å². The van der Waals surface area contributed by atoms with Crippen LogP contribution < -0.4 is 10.6 Å². The number of carbonyl (C=O) groups is 3. The third-order valence-electron chi connectivity index (χ3n) is 4.20. The molecular formula is C15H26N4O3. The average Bonchev–Trinajstić information content (AvgIpc) is 2.83. The third-order valence-corrected chi connectivity index (χ3v) is 4.20. The molecule has 0 aliphatic carbocycles. The van der Waals surface area contributed by atoms with Crippen molar-refractivity contribution in [2.45, 2.75) is 51.4 Å².